The van der Waals surface area contributed by atoms with Gasteiger partial charge in [-0.3, -0.25) is 0 Å². The van der Waals surface area contributed by atoms with Crippen molar-refractivity contribution in [3.63, 3.8) is 0 Å². The quantitative estimate of drug-likeness (QED) is 0.826. The van der Waals surface area contributed by atoms with Gasteiger partial charge in [0.05, 0.1) is 14.2 Å². The summed E-state index contributed by atoms with van der Waals surface area (Å²) in [5.41, 5.74) is 3.14. The van der Waals surface area contributed by atoms with E-state index in [1.165, 1.54) is 88.5 Å². The molecular formula is C24H38N2O2. The average Bonchev–Trinajstić information content (AvgIpc) is 2.71. The van der Waals surface area contributed by atoms with Gasteiger partial charge >= 0.3 is 0 Å². The van der Waals surface area contributed by atoms with Gasteiger partial charge in [0.2, 0.25) is 0 Å². The van der Waals surface area contributed by atoms with Crippen molar-refractivity contribution >= 4 is 0 Å². The predicted octanol–water partition coefficient (Wildman–Crippen LogP) is 4.50. The van der Waals surface area contributed by atoms with Crippen LogP contribution in [0, 0.1) is 5.92 Å². The fraction of sp³-hybridized carbons (Fsp3) is 0.750. The molecule has 0 bridgehead atoms. The summed E-state index contributed by atoms with van der Waals surface area (Å²) in [5, 5.41) is 3.69. The highest BCUT2D eigenvalue weighted by atomic mass is 16.5. The van der Waals surface area contributed by atoms with Crippen LogP contribution < -0.4 is 14.8 Å². The Hall–Kier alpha value is -1.26. The summed E-state index contributed by atoms with van der Waals surface area (Å²) in [5.74, 6) is 2.65. The van der Waals surface area contributed by atoms with E-state index in [9.17, 15) is 0 Å². The first-order valence-corrected chi connectivity index (χ1v) is 11.4. The van der Waals surface area contributed by atoms with E-state index in [0.29, 0.717) is 0 Å². The summed E-state index contributed by atoms with van der Waals surface area (Å²) in [6, 6.07) is 4.45. The maximum atomic E-state index is 5.62. The topological polar surface area (TPSA) is 33.7 Å². The minimum absolute atomic E-state index is 0.255. The first-order chi connectivity index (χ1) is 13.7. The van der Waals surface area contributed by atoms with Crippen molar-refractivity contribution in [2.24, 2.45) is 5.92 Å². The van der Waals surface area contributed by atoms with Crippen LogP contribution in [0.4, 0.5) is 0 Å². The Labute approximate surface area is 171 Å². The molecule has 1 spiro atoms. The maximum Gasteiger partial charge on any atom is 0.161 e. The average molecular weight is 387 g/mol. The van der Waals surface area contributed by atoms with Gasteiger partial charge in [-0.15, -0.1) is 0 Å². The highest BCUT2D eigenvalue weighted by molar-refractivity contribution is 5.51. The van der Waals surface area contributed by atoms with Crippen molar-refractivity contribution < 1.29 is 9.47 Å². The lowest BCUT2D eigenvalue weighted by Crippen LogP contribution is -2.51. The first-order valence-electron chi connectivity index (χ1n) is 11.4. The molecule has 0 unspecified atom stereocenters. The zero-order chi connectivity index (χ0) is 19.4. The molecular weight excluding hydrogens is 348 g/mol. The van der Waals surface area contributed by atoms with E-state index in [-0.39, 0.29) is 5.41 Å². The van der Waals surface area contributed by atoms with Crippen molar-refractivity contribution in [2.45, 2.75) is 69.7 Å². The second-order valence-electron chi connectivity index (χ2n) is 9.26. The summed E-state index contributed by atoms with van der Waals surface area (Å²) < 4.78 is 11.2. The Bertz CT molecular complexity index is 644. The Balaban J connectivity index is 1.44. The van der Waals surface area contributed by atoms with E-state index < -0.39 is 0 Å². The van der Waals surface area contributed by atoms with Gasteiger partial charge in [-0.1, -0.05) is 32.1 Å². The highest BCUT2D eigenvalue weighted by Crippen LogP contribution is 2.43. The van der Waals surface area contributed by atoms with Crippen LogP contribution in [0.3, 0.4) is 0 Å². The Morgan fingerprint density at radius 3 is 2.29 bits per heavy atom. The third-order valence-corrected chi connectivity index (χ3v) is 7.51. The molecule has 0 amide bonds. The summed E-state index contributed by atoms with van der Waals surface area (Å²) in [6.07, 6.45) is 12.6. The number of hydrogen-bond donors (Lipinski definition) is 1. The van der Waals surface area contributed by atoms with Gasteiger partial charge in [0.15, 0.2) is 11.5 Å². The van der Waals surface area contributed by atoms with Crippen LogP contribution in [-0.2, 0) is 12.0 Å². The molecule has 156 valence electrons. The summed E-state index contributed by atoms with van der Waals surface area (Å²) in [6.45, 7) is 5.80. The van der Waals surface area contributed by atoms with Crippen molar-refractivity contribution in [2.75, 3.05) is 40.4 Å². The van der Waals surface area contributed by atoms with Crippen molar-refractivity contribution in [3.8, 4) is 11.5 Å². The number of nitrogens with one attached hydrogen (secondary N) is 1. The van der Waals surface area contributed by atoms with Gasteiger partial charge in [-0.25, -0.2) is 0 Å². The third-order valence-electron chi connectivity index (χ3n) is 7.51. The summed E-state index contributed by atoms with van der Waals surface area (Å²) in [4.78, 5) is 2.76. The second kappa shape index (κ2) is 9.04. The number of rotatable bonds is 4. The maximum absolute atomic E-state index is 5.62. The minimum atomic E-state index is 0.255. The Morgan fingerprint density at radius 1 is 0.964 bits per heavy atom. The highest BCUT2D eigenvalue weighted by Gasteiger charge is 2.40. The Morgan fingerprint density at radius 2 is 1.61 bits per heavy atom. The molecule has 1 aromatic rings. The van der Waals surface area contributed by atoms with Crippen LogP contribution in [0.1, 0.15) is 68.9 Å². The zero-order valence-electron chi connectivity index (χ0n) is 17.9. The van der Waals surface area contributed by atoms with E-state index in [4.69, 9.17) is 9.47 Å². The van der Waals surface area contributed by atoms with Gasteiger partial charge in [0.1, 0.15) is 0 Å². The monoisotopic (exact) mass is 386 g/mol. The lowest BCUT2D eigenvalue weighted by atomic mass is 9.69. The van der Waals surface area contributed by atoms with E-state index in [1.54, 1.807) is 14.2 Å². The number of piperidine rings is 1. The molecule has 2 fully saturated rings. The van der Waals surface area contributed by atoms with Gasteiger partial charge < -0.3 is 19.7 Å². The lowest BCUT2D eigenvalue weighted by molar-refractivity contribution is 0.125. The minimum Gasteiger partial charge on any atom is -0.493 e. The van der Waals surface area contributed by atoms with Crippen LogP contribution in [-0.4, -0.2) is 45.3 Å². The number of nitrogens with zero attached hydrogens (tertiary/aromatic N) is 1. The number of benzene rings is 1. The molecule has 0 aromatic heterocycles. The van der Waals surface area contributed by atoms with Crippen molar-refractivity contribution in [1.29, 1.82) is 0 Å². The molecule has 4 nitrogen and oxygen atoms in total. The van der Waals surface area contributed by atoms with Gasteiger partial charge in [-0.2, -0.15) is 0 Å². The van der Waals surface area contributed by atoms with Crippen molar-refractivity contribution in [3.05, 3.63) is 23.3 Å². The van der Waals surface area contributed by atoms with Crippen LogP contribution in [0.5, 0.6) is 11.5 Å². The predicted molar refractivity (Wildman–Crippen MR) is 114 cm³/mol. The number of methoxy groups -OCH3 is 2. The molecule has 1 saturated heterocycles. The van der Waals surface area contributed by atoms with Crippen LogP contribution in [0.15, 0.2) is 12.1 Å². The molecule has 1 N–H and O–H groups in total. The molecule has 4 rings (SSSR count). The van der Waals surface area contributed by atoms with Crippen LogP contribution in [0.2, 0.25) is 0 Å². The fourth-order valence-electron chi connectivity index (χ4n) is 5.79. The number of hydrogen-bond acceptors (Lipinski definition) is 4. The number of ether oxygens (including phenoxy) is 2. The molecule has 0 radical (unpaired) electrons. The van der Waals surface area contributed by atoms with E-state index in [1.807, 2.05) is 0 Å². The molecule has 28 heavy (non-hydrogen) atoms. The SMILES string of the molecule is COc1cc2c(cc1OC)C1(CCN(CC3CCCCCCC3)CC1)CNC2. The van der Waals surface area contributed by atoms with E-state index in [2.05, 4.69) is 22.3 Å². The van der Waals surface area contributed by atoms with E-state index >= 15 is 0 Å². The third kappa shape index (κ3) is 4.18. The molecule has 1 aliphatic carbocycles. The molecule has 2 aliphatic heterocycles. The zero-order valence-corrected chi connectivity index (χ0v) is 17.9. The largest absolute Gasteiger partial charge is 0.493 e. The first kappa shape index (κ1) is 20.0. The Kier molecular flexibility index (Phi) is 6.47. The normalized spacial score (nSPS) is 23.6. The molecule has 2 heterocycles. The van der Waals surface area contributed by atoms with Crippen LogP contribution in [0.25, 0.3) is 0 Å². The number of likely N-dealkylation sites (tertiary alicyclic amines) is 1. The molecule has 1 aromatic carbocycles. The standard InChI is InChI=1S/C24H38N2O2/c1-27-22-14-20-16-25-18-24(21(20)15-23(22)28-2)10-12-26(13-11-24)17-19-8-6-4-3-5-7-9-19/h14-15,19,25H,3-13,16-18H2,1-2H3. The smallest absolute Gasteiger partial charge is 0.161 e. The van der Waals surface area contributed by atoms with Gasteiger partial charge in [0, 0.05) is 25.0 Å². The van der Waals surface area contributed by atoms with Crippen molar-refractivity contribution in [1.82, 2.24) is 10.2 Å². The summed E-state index contributed by atoms with van der Waals surface area (Å²) >= 11 is 0. The van der Waals surface area contributed by atoms with Gasteiger partial charge in [-0.05, 0) is 68.0 Å². The van der Waals surface area contributed by atoms with Crippen LogP contribution >= 0.6 is 0 Å². The van der Waals surface area contributed by atoms with Gasteiger partial charge in [0.25, 0.3) is 0 Å². The fourth-order valence-corrected chi connectivity index (χ4v) is 5.79. The second-order valence-corrected chi connectivity index (χ2v) is 9.26. The number of fused-ring (bicyclic) bond motifs is 2. The van der Waals surface area contributed by atoms with E-state index in [0.717, 1.165) is 30.5 Å². The molecule has 3 aliphatic rings. The molecule has 0 atom stereocenters. The summed E-state index contributed by atoms with van der Waals surface area (Å²) in [7, 11) is 3.47. The molecule has 4 heteroatoms. The lowest BCUT2D eigenvalue weighted by Gasteiger charge is -2.46. The molecule has 1 saturated carbocycles.